The van der Waals surface area contributed by atoms with Gasteiger partial charge in [0.2, 0.25) is 0 Å². The molecular formula is C15H20N2O3. The minimum atomic E-state index is -1.11. The summed E-state index contributed by atoms with van der Waals surface area (Å²) in [6.07, 6.45) is 6.77. The van der Waals surface area contributed by atoms with Crippen LogP contribution in [0.5, 0.6) is 0 Å². The molecule has 1 aliphatic rings. The van der Waals surface area contributed by atoms with Gasteiger partial charge < -0.3 is 10.0 Å². The molecule has 0 spiro atoms. The zero-order valence-electron chi connectivity index (χ0n) is 11.7. The van der Waals surface area contributed by atoms with Gasteiger partial charge in [0.15, 0.2) is 0 Å². The van der Waals surface area contributed by atoms with Crippen LogP contribution in [-0.4, -0.2) is 40.0 Å². The topological polar surface area (TPSA) is 70.5 Å². The minimum absolute atomic E-state index is 0.0925. The van der Waals surface area contributed by atoms with Crippen LogP contribution >= 0.6 is 0 Å². The fraction of sp³-hybridized carbons (Fsp3) is 0.533. The van der Waals surface area contributed by atoms with Crippen molar-refractivity contribution in [1.82, 2.24) is 9.88 Å². The van der Waals surface area contributed by atoms with Crippen LogP contribution in [0.1, 0.15) is 59.5 Å². The van der Waals surface area contributed by atoms with E-state index in [9.17, 15) is 9.59 Å². The molecule has 0 bridgehead atoms. The van der Waals surface area contributed by atoms with E-state index in [1.807, 2.05) is 0 Å². The molecule has 1 aromatic rings. The molecule has 1 aliphatic carbocycles. The average Bonchev–Trinajstić information content (AvgIpc) is 2.75. The van der Waals surface area contributed by atoms with E-state index in [-0.39, 0.29) is 23.3 Å². The van der Waals surface area contributed by atoms with E-state index >= 15 is 0 Å². The van der Waals surface area contributed by atoms with Crippen molar-refractivity contribution in [3.8, 4) is 0 Å². The Morgan fingerprint density at radius 1 is 1.15 bits per heavy atom. The number of aromatic carboxylic acids is 1. The molecule has 0 aliphatic heterocycles. The fourth-order valence-corrected chi connectivity index (χ4v) is 2.66. The lowest BCUT2D eigenvalue weighted by Crippen LogP contribution is -2.37. The predicted molar refractivity (Wildman–Crippen MR) is 74.8 cm³/mol. The second-order valence-corrected chi connectivity index (χ2v) is 5.27. The Hall–Kier alpha value is -1.91. The zero-order valence-corrected chi connectivity index (χ0v) is 11.7. The van der Waals surface area contributed by atoms with Gasteiger partial charge in [-0.1, -0.05) is 31.7 Å². The largest absolute Gasteiger partial charge is 0.477 e. The van der Waals surface area contributed by atoms with Gasteiger partial charge in [0.25, 0.3) is 5.91 Å². The standard InChI is InChI=1S/C15H20N2O3/c1-17(11-7-4-2-3-5-8-11)14(18)12-9-6-10-13(16-12)15(19)20/h6,9-11H,2-5,7-8H2,1H3,(H,19,20). The molecule has 0 atom stereocenters. The van der Waals surface area contributed by atoms with Gasteiger partial charge in [-0.2, -0.15) is 0 Å². The van der Waals surface area contributed by atoms with Crippen molar-refractivity contribution in [1.29, 1.82) is 0 Å². The smallest absolute Gasteiger partial charge is 0.354 e. The van der Waals surface area contributed by atoms with Crippen LogP contribution in [0.4, 0.5) is 0 Å². The monoisotopic (exact) mass is 276 g/mol. The first-order valence-corrected chi connectivity index (χ1v) is 7.07. The molecule has 0 radical (unpaired) electrons. The molecule has 0 aromatic carbocycles. The van der Waals surface area contributed by atoms with E-state index in [2.05, 4.69) is 4.98 Å². The van der Waals surface area contributed by atoms with Crippen LogP contribution in [0.3, 0.4) is 0 Å². The Balaban J connectivity index is 2.13. The number of aromatic nitrogens is 1. The van der Waals surface area contributed by atoms with Gasteiger partial charge in [-0.3, -0.25) is 4.79 Å². The van der Waals surface area contributed by atoms with Crippen molar-refractivity contribution in [2.45, 2.75) is 44.6 Å². The Morgan fingerprint density at radius 3 is 2.35 bits per heavy atom. The summed E-state index contributed by atoms with van der Waals surface area (Å²) in [6, 6.07) is 4.76. The SMILES string of the molecule is CN(C(=O)c1cccc(C(=O)O)n1)C1CCCCCC1. The van der Waals surface area contributed by atoms with E-state index in [4.69, 9.17) is 5.11 Å². The highest BCUT2D eigenvalue weighted by molar-refractivity contribution is 5.94. The highest BCUT2D eigenvalue weighted by Crippen LogP contribution is 2.22. The first-order valence-electron chi connectivity index (χ1n) is 7.07. The van der Waals surface area contributed by atoms with Gasteiger partial charge >= 0.3 is 5.97 Å². The van der Waals surface area contributed by atoms with Crippen molar-refractivity contribution in [2.24, 2.45) is 0 Å². The van der Waals surface area contributed by atoms with Crippen molar-refractivity contribution in [3.63, 3.8) is 0 Å². The molecule has 1 amide bonds. The van der Waals surface area contributed by atoms with E-state index in [1.54, 1.807) is 24.1 Å². The van der Waals surface area contributed by atoms with Crippen molar-refractivity contribution in [2.75, 3.05) is 7.05 Å². The number of carboxylic acid groups (broad SMARTS) is 1. The molecule has 1 heterocycles. The van der Waals surface area contributed by atoms with Gasteiger partial charge in [-0.15, -0.1) is 0 Å². The lowest BCUT2D eigenvalue weighted by Gasteiger charge is -2.27. The molecule has 1 aromatic heterocycles. The van der Waals surface area contributed by atoms with Gasteiger partial charge in [0.1, 0.15) is 11.4 Å². The number of carbonyl (C=O) groups is 2. The first-order chi connectivity index (χ1) is 9.59. The third-order valence-corrected chi connectivity index (χ3v) is 3.88. The number of rotatable bonds is 3. The lowest BCUT2D eigenvalue weighted by atomic mass is 10.1. The van der Waals surface area contributed by atoms with Crippen LogP contribution in [-0.2, 0) is 0 Å². The molecule has 0 unspecified atom stereocenters. The molecule has 1 saturated carbocycles. The van der Waals surface area contributed by atoms with Crippen molar-refractivity contribution >= 4 is 11.9 Å². The van der Waals surface area contributed by atoms with Crippen molar-refractivity contribution < 1.29 is 14.7 Å². The van der Waals surface area contributed by atoms with Crippen molar-refractivity contribution in [3.05, 3.63) is 29.6 Å². The molecule has 2 rings (SSSR count). The zero-order chi connectivity index (χ0) is 14.5. The average molecular weight is 276 g/mol. The summed E-state index contributed by atoms with van der Waals surface area (Å²) in [4.78, 5) is 28.9. The summed E-state index contributed by atoms with van der Waals surface area (Å²) in [6.45, 7) is 0. The van der Waals surface area contributed by atoms with Crippen LogP contribution in [0, 0.1) is 0 Å². The molecule has 1 N–H and O–H groups in total. The summed E-state index contributed by atoms with van der Waals surface area (Å²) in [5.41, 5.74) is 0.113. The number of pyridine rings is 1. The summed E-state index contributed by atoms with van der Waals surface area (Å²) in [7, 11) is 1.79. The lowest BCUT2D eigenvalue weighted by molar-refractivity contribution is 0.0688. The summed E-state index contributed by atoms with van der Waals surface area (Å²) >= 11 is 0. The van der Waals surface area contributed by atoms with E-state index in [1.165, 1.54) is 18.9 Å². The van der Waals surface area contributed by atoms with E-state index in [0.717, 1.165) is 25.7 Å². The van der Waals surface area contributed by atoms with Gasteiger partial charge in [0.05, 0.1) is 0 Å². The first kappa shape index (κ1) is 14.5. The van der Waals surface area contributed by atoms with E-state index in [0.29, 0.717) is 0 Å². The normalized spacial score (nSPS) is 16.4. The molecule has 20 heavy (non-hydrogen) atoms. The third kappa shape index (κ3) is 3.35. The van der Waals surface area contributed by atoms with Gasteiger partial charge in [0, 0.05) is 13.1 Å². The maximum Gasteiger partial charge on any atom is 0.354 e. The van der Waals surface area contributed by atoms with Crippen LogP contribution in [0.2, 0.25) is 0 Å². The molecule has 108 valence electrons. The number of hydrogen-bond donors (Lipinski definition) is 1. The highest BCUT2D eigenvalue weighted by Gasteiger charge is 2.23. The second-order valence-electron chi connectivity index (χ2n) is 5.27. The summed E-state index contributed by atoms with van der Waals surface area (Å²) in [5.74, 6) is -1.31. The minimum Gasteiger partial charge on any atom is -0.477 e. The summed E-state index contributed by atoms with van der Waals surface area (Å²) in [5, 5.41) is 8.93. The van der Waals surface area contributed by atoms with Crippen LogP contribution in [0.25, 0.3) is 0 Å². The summed E-state index contributed by atoms with van der Waals surface area (Å²) < 4.78 is 0. The Kier molecular flexibility index (Phi) is 4.71. The molecule has 0 saturated heterocycles. The van der Waals surface area contributed by atoms with Gasteiger partial charge in [-0.25, -0.2) is 9.78 Å². The molecule has 5 heteroatoms. The van der Waals surface area contributed by atoms with Crippen LogP contribution in [0.15, 0.2) is 18.2 Å². The fourth-order valence-electron chi connectivity index (χ4n) is 2.66. The molecule has 5 nitrogen and oxygen atoms in total. The quantitative estimate of drug-likeness (QED) is 0.861. The Labute approximate surface area is 118 Å². The highest BCUT2D eigenvalue weighted by atomic mass is 16.4. The predicted octanol–water partition coefficient (Wildman–Crippen LogP) is 2.57. The Morgan fingerprint density at radius 2 is 1.75 bits per heavy atom. The third-order valence-electron chi connectivity index (χ3n) is 3.88. The van der Waals surface area contributed by atoms with E-state index < -0.39 is 5.97 Å². The van der Waals surface area contributed by atoms with Gasteiger partial charge in [-0.05, 0) is 25.0 Å². The number of carbonyl (C=O) groups excluding carboxylic acids is 1. The number of carboxylic acids is 1. The Bertz CT molecular complexity index is 494. The second kappa shape index (κ2) is 6.50. The molecule has 1 fully saturated rings. The maximum absolute atomic E-state index is 12.4. The number of nitrogens with zero attached hydrogens (tertiary/aromatic N) is 2. The number of amides is 1. The maximum atomic E-state index is 12.4. The number of hydrogen-bond acceptors (Lipinski definition) is 3. The molecular weight excluding hydrogens is 256 g/mol. The van der Waals surface area contributed by atoms with Crippen LogP contribution < -0.4 is 0 Å².